The SMILES string of the molecule is Cc1ccnc(-c2noc(CC(C)(C)CC(=O)O)n2)c1. The highest BCUT2D eigenvalue weighted by Gasteiger charge is 2.25. The van der Waals surface area contributed by atoms with E-state index in [9.17, 15) is 4.79 Å². The summed E-state index contributed by atoms with van der Waals surface area (Å²) in [4.78, 5) is 19.3. The number of nitrogens with zero attached hydrogens (tertiary/aromatic N) is 3. The second-order valence-corrected chi connectivity index (χ2v) is 5.64. The fourth-order valence-electron chi connectivity index (χ4n) is 1.97. The Balaban J connectivity index is 2.15. The molecule has 2 rings (SSSR count). The molecule has 0 aliphatic carbocycles. The minimum absolute atomic E-state index is 0.0490. The van der Waals surface area contributed by atoms with Gasteiger partial charge in [0.05, 0.1) is 6.42 Å². The Hall–Kier alpha value is -2.24. The van der Waals surface area contributed by atoms with Gasteiger partial charge in [-0.3, -0.25) is 9.78 Å². The van der Waals surface area contributed by atoms with E-state index in [2.05, 4.69) is 15.1 Å². The first-order valence-corrected chi connectivity index (χ1v) is 6.33. The maximum Gasteiger partial charge on any atom is 0.303 e. The van der Waals surface area contributed by atoms with Crippen molar-refractivity contribution in [3.05, 3.63) is 29.8 Å². The molecule has 1 N–H and O–H groups in total. The zero-order valence-electron chi connectivity index (χ0n) is 11.8. The molecular weight excluding hydrogens is 258 g/mol. The van der Waals surface area contributed by atoms with Crippen LogP contribution in [0.4, 0.5) is 0 Å². The van der Waals surface area contributed by atoms with Crippen molar-refractivity contribution in [2.45, 2.75) is 33.6 Å². The fourth-order valence-corrected chi connectivity index (χ4v) is 1.97. The predicted molar refractivity (Wildman–Crippen MR) is 72.0 cm³/mol. The summed E-state index contributed by atoms with van der Waals surface area (Å²) < 4.78 is 5.18. The van der Waals surface area contributed by atoms with Crippen molar-refractivity contribution in [2.24, 2.45) is 5.41 Å². The summed E-state index contributed by atoms with van der Waals surface area (Å²) in [5, 5.41) is 12.8. The molecule has 2 aromatic rings. The third-order valence-electron chi connectivity index (χ3n) is 2.87. The van der Waals surface area contributed by atoms with Gasteiger partial charge in [-0.05, 0) is 30.0 Å². The normalized spacial score (nSPS) is 11.6. The molecule has 0 aliphatic rings. The summed E-state index contributed by atoms with van der Waals surface area (Å²) in [5.74, 6) is 0.0134. The second kappa shape index (κ2) is 5.40. The van der Waals surface area contributed by atoms with Gasteiger partial charge in [0.2, 0.25) is 11.7 Å². The van der Waals surface area contributed by atoms with Gasteiger partial charge in [0, 0.05) is 12.6 Å². The Bertz CT molecular complexity index is 620. The average Bonchev–Trinajstić information content (AvgIpc) is 2.74. The maximum atomic E-state index is 10.8. The first-order valence-electron chi connectivity index (χ1n) is 6.33. The summed E-state index contributed by atoms with van der Waals surface area (Å²) in [6.07, 6.45) is 2.15. The second-order valence-electron chi connectivity index (χ2n) is 5.64. The molecule has 0 saturated heterocycles. The number of aryl methyl sites for hydroxylation is 1. The van der Waals surface area contributed by atoms with E-state index in [1.807, 2.05) is 32.9 Å². The Morgan fingerprint density at radius 2 is 2.20 bits per heavy atom. The van der Waals surface area contributed by atoms with E-state index in [1.165, 1.54) is 0 Å². The lowest BCUT2D eigenvalue weighted by atomic mass is 9.86. The van der Waals surface area contributed by atoms with Crippen LogP contribution in [0.15, 0.2) is 22.9 Å². The molecule has 0 unspecified atom stereocenters. The zero-order valence-corrected chi connectivity index (χ0v) is 11.8. The van der Waals surface area contributed by atoms with Gasteiger partial charge >= 0.3 is 5.97 Å². The number of carbonyl (C=O) groups is 1. The lowest BCUT2D eigenvalue weighted by molar-refractivity contribution is -0.139. The standard InChI is InChI=1S/C14H17N3O3/c1-9-4-5-15-10(6-9)13-16-11(20-17-13)7-14(2,3)8-12(18)19/h4-6H,7-8H2,1-3H3,(H,18,19). The molecule has 6 nitrogen and oxygen atoms in total. The molecule has 0 spiro atoms. The van der Waals surface area contributed by atoms with Crippen LogP contribution >= 0.6 is 0 Å². The molecule has 0 saturated carbocycles. The molecule has 0 aliphatic heterocycles. The Morgan fingerprint density at radius 3 is 2.85 bits per heavy atom. The van der Waals surface area contributed by atoms with Crippen LogP contribution in [0.2, 0.25) is 0 Å². The highest BCUT2D eigenvalue weighted by Crippen LogP contribution is 2.26. The van der Waals surface area contributed by atoms with Crippen LogP contribution in [-0.4, -0.2) is 26.2 Å². The van der Waals surface area contributed by atoms with Crippen molar-refractivity contribution < 1.29 is 14.4 Å². The largest absolute Gasteiger partial charge is 0.481 e. The number of rotatable bonds is 5. The van der Waals surface area contributed by atoms with Crippen molar-refractivity contribution in [1.82, 2.24) is 15.1 Å². The maximum absolute atomic E-state index is 10.8. The summed E-state index contributed by atoms with van der Waals surface area (Å²) in [7, 11) is 0. The lowest BCUT2D eigenvalue weighted by Crippen LogP contribution is -2.19. The molecular formula is C14H17N3O3. The Labute approximate surface area is 116 Å². The highest BCUT2D eigenvalue weighted by atomic mass is 16.5. The van der Waals surface area contributed by atoms with Gasteiger partial charge in [-0.2, -0.15) is 4.98 Å². The highest BCUT2D eigenvalue weighted by molar-refractivity contribution is 5.67. The molecule has 0 amide bonds. The third kappa shape index (κ3) is 3.63. The van der Waals surface area contributed by atoms with Crippen molar-refractivity contribution in [2.75, 3.05) is 0 Å². The van der Waals surface area contributed by atoms with E-state index in [1.54, 1.807) is 6.20 Å². The number of hydrogen-bond acceptors (Lipinski definition) is 5. The Morgan fingerprint density at radius 1 is 1.45 bits per heavy atom. The first kappa shape index (κ1) is 14.2. The molecule has 2 aromatic heterocycles. The van der Waals surface area contributed by atoms with Gasteiger partial charge in [0.1, 0.15) is 5.69 Å². The number of aromatic nitrogens is 3. The van der Waals surface area contributed by atoms with Gasteiger partial charge in [0.15, 0.2) is 0 Å². The van der Waals surface area contributed by atoms with E-state index in [0.29, 0.717) is 23.8 Å². The van der Waals surface area contributed by atoms with Crippen LogP contribution in [0.3, 0.4) is 0 Å². The fraction of sp³-hybridized carbons (Fsp3) is 0.429. The third-order valence-corrected chi connectivity index (χ3v) is 2.87. The van der Waals surface area contributed by atoms with E-state index in [0.717, 1.165) is 5.56 Å². The molecule has 0 atom stereocenters. The summed E-state index contributed by atoms with van der Waals surface area (Å²) in [6, 6.07) is 3.76. The molecule has 106 valence electrons. The minimum atomic E-state index is -0.838. The molecule has 0 radical (unpaired) electrons. The summed E-state index contributed by atoms with van der Waals surface area (Å²) in [6.45, 7) is 5.67. The van der Waals surface area contributed by atoms with Crippen LogP contribution in [0, 0.1) is 12.3 Å². The van der Waals surface area contributed by atoms with Crippen molar-refractivity contribution in [3.8, 4) is 11.5 Å². The van der Waals surface area contributed by atoms with E-state index in [-0.39, 0.29) is 6.42 Å². The average molecular weight is 275 g/mol. The topological polar surface area (TPSA) is 89.1 Å². The molecule has 0 bridgehead atoms. The number of pyridine rings is 1. The van der Waals surface area contributed by atoms with Crippen molar-refractivity contribution in [1.29, 1.82) is 0 Å². The van der Waals surface area contributed by atoms with Crippen LogP contribution in [0.1, 0.15) is 31.7 Å². The zero-order chi connectivity index (χ0) is 14.8. The number of carboxylic acid groups (broad SMARTS) is 1. The van der Waals surface area contributed by atoms with Gasteiger partial charge in [-0.15, -0.1) is 0 Å². The summed E-state index contributed by atoms with van der Waals surface area (Å²) in [5.41, 5.74) is 1.28. The molecule has 2 heterocycles. The predicted octanol–water partition coefficient (Wildman–Crippen LogP) is 2.48. The van der Waals surface area contributed by atoms with Crippen molar-refractivity contribution >= 4 is 5.97 Å². The van der Waals surface area contributed by atoms with Gasteiger partial charge in [-0.25, -0.2) is 0 Å². The first-order chi connectivity index (χ1) is 9.35. The lowest BCUT2D eigenvalue weighted by Gasteiger charge is -2.19. The van der Waals surface area contributed by atoms with E-state index >= 15 is 0 Å². The van der Waals surface area contributed by atoms with Crippen LogP contribution in [0.25, 0.3) is 11.5 Å². The van der Waals surface area contributed by atoms with Gasteiger partial charge in [-0.1, -0.05) is 19.0 Å². The van der Waals surface area contributed by atoms with Crippen LogP contribution < -0.4 is 0 Å². The molecule has 0 fully saturated rings. The molecule has 6 heteroatoms. The van der Waals surface area contributed by atoms with Crippen molar-refractivity contribution in [3.63, 3.8) is 0 Å². The number of hydrogen-bond donors (Lipinski definition) is 1. The monoisotopic (exact) mass is 275 g/mol. The van der Waals surface area contributed by atoms with Gasteiger partial charge in [0.25, 0.3) is 0 Å². The van der Waals surface area contributed by atoms with Gasteiger partial charge < -0.3 is 9.63 Å². The summed E-state index contributed by atoms with van der Waals surface area (Å²) >= 11 is 0. The number of aliphatic carboxylic acids is 1. The van der Waals surface area contributed by atoms with Crippen LogP contribution in [-0.2, 0) is 11.2 Å². The molecule has 0 aromatic carbocycles. The number of carboxylic acids is 1. The van der Waals surface area contributed by atoms with E-state index < -0.39 is 11.4 Å². The Kier molecular flexibility index (Phi) is 3.83. The molecule has 20 heavy (non-hydrogen) atoms. The minimum Gasteiger partial charge on any atom is -0.481 e. The van der Waals surface area contributed by atoms with Crippen LogP contribution in [0.5, 0.6) is 0 Å². The smallest absolute Gasteiger partial charge is 0.303 e. The van der Waals surface area contributed by atoms with E-state index in [4.69, 9.17) is 9.63 Å². The quantitative estimate of drug-likeness (QED) is 0.901.